The number of nitrogens with one attached hydrogen (secondary N) is 1. The summed E-state index contributed by atoms with van der Waals surface area (Å²) in [6.07, 6.45) is 7.93. The van der Waals surface area contributed by atoms with Gasteiger partial charge in [-0.05, 0) is 74.8 Å². The van der Waals surface area contributed by atoms with Crippen molar-refractivity contribution >= 4 is 11.6 Å². The van der Waals surface area contributed by atoms with Gasteiger partial charge in [-0.15, -0.1) is 0 Å². The highest BCUT2D eigenvalue weighted by molar-refractivity contribution is 5.92. The van der Waals surface area contributed by atoms with E-state index in [9.17, 15) is 4.79 Å². The summed E-state index contributed by atoms with van der Waals surface area (Å²) in [5.74, 6) is 1.87. The van der Waals surface area contributed by atoms with Gasteiger partial charge in [0, 0.05) is 36.7 Å². The van der Waals surface area contributed by atoms with E-state index in [1.807, 2.05) is 84.8 Å². The number of rotatable bonds is 8. The van der Waals surface area contributed by atoms with E-state index in [-0.39, 0.29) is 11.8 Å². The first-order valence-electron chi connectivity index (χ1n) is 12.2. The molecule has 1 fully saturated rings. The molecular weight excluding hydrogens is 438 g/mol. The predicted octanol–water partition coefficient (Wildman–Crippen LogP) is 4.91. The summed E-state index contributed by atoms with van der Waals surface area (Å²) in [6.45, 7) is 5.02. The summed E-state index contributed by atoms with van der Waals surface area (Å²) in [7, 11) is 0. The second-order valence-electron chi connectivity index (χ2n) is 8.85. The molecule has 1 atom stereocenters. The molecule has 1 saturated heterocycles. The van der Waals surface area contributed by atoms with Gasteiger partial charge in [0.05, 0.1) is 24.4 Å². The Bertz CT molecular complexity index is 1230. The molecule has 1 unspecified atom stereocenters. The van der Waals surface area contributed by atoms with Crippen molar-refractivity contribution in [3.05, 3.63) is 90.9 Å². The highest BCUT2D eigenvalue weighted by atomic mass is 16.5. The van der Waals surface area contributed by atoms with E-state index in [1.165, 1.54) is 0 Å². The largest absolute Gasteiger partial charge is 0.494 e. The highest BCUT2D eigenvalue weighted by Gasteiger charge is 2.27. The number of carbonyl (C=O) groups is 1. The van der Waals surface area contributed by atoms with Crippen LogP contribution in [-0.2, 0) is 11.3 Å². The zero-order valence-electron chi connectivity index (χ0n) is 20.0. The topological polar surface area (TPSA) is 64.3 Å². The fourth-order valence-electron chi connectivity index (χ4n) is 4.70. The Morgan fingerprint density at radius 1 is 1.06 bits per heavy atom. The van der Waals surface area contributed by atoms with Crippen LogP contribution in [0.4, 0.5) is 5.69 Å². The quantitative estimate of drug-likeness (QED) is 0.398. The van der Waals surface area contributed by atoms with Crippen molar-refractivity contribution < 1.29 is 9.53 Å². The molecule has 3 heterocycles. The number of benzene rings is 2. The minimum absolute atomic E-state index is 0.0467. The molecule has 1 aliphatic rings. The standard InChI is InChI=1S/C28H31N5O2/c1-2-35-26-14-12-24(13-15-26)30-27(34)22-9-8-16-31(20-22)21-23-19-29-33(25-10-4-3-5-11-25)28(23)32-17-6-7-18-32/h3-7,10-15,17-19,22H,2,8-9,16,20-21H2,1H3,(H,30,34). The Labute approximate surface area is 205 Å². The first-order chi connectivity index (χ1) is 17.2. The third kappa shape index (κ3) is 5.30. The Morgan fingerprint density at radius 3 is 2.57 bits per heavy atom. The second kappa shape index (κ2) is 10.6. The molecule has 1 N–H and O–H groups in total. The number of hydrogen-bond donors (Lipinski definition) is 1. The molecule has 7 heteroatoms. The molecule has 4 aromatic rings. The summed E-state index contributed by atoms with van der Waals surface area (Å²) in [5, 5.41) is 7.80. The van der Waals surface area contributed by atoms with E-state index in [2.05, 4.69) is 26.9 Å². The number of nitrogens with zero attached hydrogens (tertiary/aromatic N) is 4. The minimum Gasteiger partial charge on any atom is -0.494 e. The van der Waals surface area contributed by atoms with E-state index in [1.54, 1.807) is 0 Å². The fraction of sp³-hybridized carbons (Fsp3) is 0.286. The van der Waals surface area contributed by atoms with Crippen LogP contribution in [0.25, 0.3) is 11.5 Å². The number of amides is 1. The first kappa shape index (κ1) is 22.9. The SMILES string of the molecule is CCOc1ccc(NC(=O)C2CCCN(Cc3cnn(-c4ccccc4)c3-n3cccc3)C2)cc1. The van der Waals surface area contributed by atoms with Crippen LogP contribution in [0.5, 0.6) is 5.75 Å². The molecular formula is C28H31N5O2. The lowest BCUT2D eigenvalue weighted by molar-refractivity contribution is -0.121. The lowest BCUT2D eigenvalue weighted by Crippen LogP contribution is -2.40. The van der Waals surface area contributed by atoms with Gasteiger partial charge >= 0.3 is 0 Å². The van der Waals surface area contributed by atoms with Gasteiger partial charge in [0.25, 0.3) is 0 Å². The van der Waals surface area contributed by atoms with Gasteiger partial charge < -0.3 is 14.6 Å². The fourth-order valence-corrected chi connectivity index (χ4v) is 4.70. The number of para-hydroxylation sites is 1. The number of ether oxygens (including phenoxy) is 1. The molecule has 2 aromatic heterocycles. The molecule has 7 nitrogen and oxygen atoms in total. The van der Waals surface area contributed by atoms with Crippen molar-refractivity contribution in [3.8, 4) is 17.3 Å². The Hall–Kier alpha value is -3.84. The zero-order valence-corrected chi connectivity index (χ0v) is 20.0. The Balaban J connectivity index is 1.29. The number of likely N-dealkylation sites (tertiary alicyclic amines) is 1. The molecule has 0 radical (unpaired) electrons. The van der Waals surface area contributed by atoms with Crippen molar-refractivity contribution in [2.75, 3.05) is 25.0 Å². The van der Waals surface area contributed by atoms with Gasteiger partial charge in [-0.2, -0.15) is 5.10 Å². The molecule has 2 aromatic carbocycles. The summed E-state index contributed by atoms with van der Waals surface area (Å²) in [5.41, 5.74) is 2.96. The number of piperidine rings is 1. The summed E-state index contributed by atoms with van der Waals surface area (Å²) < 4.78 is 9.58. The van der Waals surface area contributed by atoms with Crippen molar-refractivity contribution in [1.29, 1.82) is 0 Å². The van der Waals surface area contributed by atoms with Crippen LogP contribution < -0.4 is 10.1 Å². The predicted molar refractivity (Wildman–Crippen MR) is 137 cm³/mol. The monoisotopic (exact) mass is 469 g/mol. The van der Waals surface area contributed by atoms with Crippen LogP contribution in [-0.4, -0.2) is 44.9 Å². The third-order valence-corrected chi connectivity index (χ3v) is 6.37. The maximum absolute atomic E-state index is 13.0. The van der Waals surface area contributed by atoms with Gasteiger partial charge in [0.15, 0.2) is 0 Å². The molecule has 35 heavy (non-hydrogen) atoms. The summed E-state index contributed by atoms with van der Waals surface area (Å²) in [6, 6.07) is 21.8. The molecule has 0 saturated carbocycles. The van der Waals surface area contributed by atoms with E-state index < -0.39 is 0 Å². The average Bonchev–Trinajstić information content (AvgIpc) is 3.56. The van der Waals surface area contributed by atoms with Crippen LogP contribution in [0, 0.1) is 5.92 Å². The van der Waals surface area contributed by atoms with Gasteiger partial charge in [-0.3, -0.25) is 9.69 Å². The molecule has 0 aliphatic carbocycles. The maximum atomic E-state index is 13.0. The lowest BCUT2D eigenvalue weighted by atomic mass is 9.96. The summed E-state index contributed by atoms with van der Waals surface area (Å²) in [4.78, 5) is 15.4. The van der Waals surface area contributed by atoms with E-state index in [0.29, 0.717) is 6.61 Å². The maximum Gasteiger partial charge on any atom is 0.228 e. The van der Waals surface area contributed by atoms with Crippen LogP contribution >= 0.6 is 0 Å². The van der Waals surface area contributed by atoms with Crippen molar-refractivity contribution in [2.45, 2.75) is 26.3 Å². The molecule has 1 amide bonds. The van der Waals surface area contributed by atoms with E-state index >= 15 is 0 Å². The van der Waals surface area contributed by atoms with Gasteiger partial charge in [0.2, 0.25) is 5.91 Å². The number of aromatic nitrogens is 3. The van der Waals surface area contributed by atoms with Gasteiger partial charge in [-0.25, -0.2) is 4.68 Å². The van der Waals surface area contributed by atoms with Crippen LogP contribution in [0.15, 0.2) is 85.3 Å². The number of carbonyl (C=O) groups excluding carboxylic acids is 1. The van der Waals surface area contributed by atoms with E-state index in [0.717, 1.165) is 61.0 Å². The Morgan fingerprint density at radius 2 is 1.83 bits per heavy atom. The smallest absolute Gasteiger partial charge is 0.228 e. The Kier molecular flexibility index (Phi) is 6.95. The molecule has 5 rings (SSSR count). The van der Waals surface area contributed by atoms with E-state index in [4.69, 9.17) is 9.84 Å². The highest BCUT2D eigenvalue weighted by Crippen LogP contribution is 2.25. The van der Waals surface area contributed by atoms with Crippen molar-refractivity contribution in [3.63, 3.8) is 0 Å². The van der Waals surface area contributed by atoms with Gasteiger partial charge in [0.1, 0.15) is 11.6 Å². The third-order valence-electron chi connectivity index (χ3n) is 6.37. The van der Waals surface area contributed by atoms with Gasteiger partial charge in [-0.1, -0.05) is 18.2 Å². The van der Waals surface area contributed by atoms with Crippen LogP contribution in [0.3, 0.4) is 0 Å². The molecule has 0 spiro atoms. The van der Waals surface area contributed by atoms with Crippen LogP contribution in [0.2, 0.25) is 0 Å². The van der Waals surface area contributed by atoms with Crippen LogP contribution in [0.1, 0.15) is 25.3 Å². The minimum atomic E-state index is -0.0467. The normalized spacial score (nSPS) is 16.2. The van der Waals surface area contributed by atoms with Crippen molar-refractivity contribution in [2.24, 2.45) is 5.92 Å². The molecule has 1 aliphatic heterocycles. The second-order valence-corrected chi connectivity index (χ2v) is 8.85. The number of hydrogen-bond acceptors (Lipinski definition) is 4. The van der Waals surface area contributed by atoms with Crippen molar-refractivity contribution in [1.82, 2.24) is 19.2 Å². The molecule has 0 bridgehead atoms. The first-order valence-corrected chi connectivity index (χ1v) is 12.2. The summed E-state index contributed by atoms with van der Waals surface area (Å²) >= 11 is 0. The average molecular weight is 470 g/mol. The zero-order chi connectivity index (χ0) is 24.0. The molecule has 180 valence electrons. The number of anilines is 1. The lowest BCUT2D eigenvalue weighted by Gasteiger charge is -2.32.